The SMILES string of the molecule is CO[C@H]1O[C@H]2CC[C@@H]3[C@H]2[C@@H]2[C@@H]4[C@H]5[C@H]6[C@H]7[C@@H](CC[C@H]7O[C@H](OC)[C@@]6(C)[C@@H]34)[C@H]5[C@]12C. The predicted octanol–water partition coefficient (Wildman–Crippen LogP) is 3.55. The molecule has 0 spiro atoms. The van der Waals surface area contributed by atoms with Crippen LogP contribution in [0.4, 0.5) is 0 Å². The van der Waals surface area contributed by atoms with E-state index in [9.17, 15) is 0 Å². The second kappa shape index (κ2) is 4.69. The standard InChI is InChI=1S/C24H34O4/c1-23-17-9-5-7-12-14(9)20-15(17)16-18(24(20,2)22(26-4)28-12)10-6-8-11(13(10)19(16)23)27-21(23)25-3/h9-22H,5-8H2,1-4H3/t9-,10-,11-,12+,13+,14-,15-,16-,17+,18-,19-,20-,21+,22+,23+,24+/m1/s1. The van der Waals surface area contributed by atoms with Gasteiger partial charge in [-0.2, -0.15) is 0 Å². The van der Waals surface area contributed by atoms with E-state index in [1.165, 1.54) is 25.7 Å². The van der Waals surface area contributed by atoms with E-state index in [1.54, 1.807) is 0 Å². The lowest BCUT2D eigenvalue weighted by Gasteiger charge is -2.53. The highest BCUT2D eigenvalue weighted by Crippen LogP contribution is 2.87. The summed E-state index contributed by atoms with van der Waals surface area (Å²) in [5.41, 5.74) is 0.396. The Morgan fingerprint density at radius 2 is 1.04 bits per heavy atom. The third kappa shape index (κ3) is 1.32. The molecule has 8 aliphatic rings. The highest BCUT2D eigenvalue weighted by molar-refractivity contribution is 5.32. The quantitative estimate of drug-likeness (QED) is 0.727. The van der Waals surface area contributed by atoms with Gasteiger partial charge in [0.25, 0.3) is 0 Å². The Balaban J connectivity index is 1.41. The van der Waals surface area contributed by atoms with Gasteiger partial charge in [0.05, 0.1) is 12.2 Å². The molecule has 16 atom stereocenters. The maximum atomic E-state index is 6.78. The molecule has 0 aromatic rings. The summed E-state index contributed by atoms with van der Waals surface area (Å²) in [5, 5.41) is 0. The molecule has 0 amide bonds. The maximum Gasteiger partial charge on any atom is 0.163 e. The summed E-state index contributed by atoms with van der Waals surface area (Å²) in [7, 11) is 3.80. The summed E-state index contributed by atoms with van der Waals surface area (Å²) in [5.74, 6) is 7.96. The lowest BCUT2D eigenvalue weighted by atomic mass is 9.61. The lowest BCUT2D eigenvalue weighted by molar-refractivity contribution is -0.287. The van der Waals surface area contributed by atoms with Gasteiger partial charge < -0.3 is 18.9 Å². The van der Waals surface area contributed by atoms with Crippen LogP contribution in [-0.4, -0.2) is 39.0 Å². The molecule has 6 saturated carbocycles. The van der Waals surface area contributed by atoms with Crippen molar-refractivity contribution >= 4 is 0 Å². The minimum atomic E-state index is -0.00329. The molecule has 0 radical (unpaired) electrons. The number of rotatable bonds is 2. The molecule has 28 heavy (non-hydrogen) atoms. The Kier molecular flexibility index (Phi) is 2.77. The molecule has 8 rings (SSSR count). The third-order valence-electron chi connectivity index (χ3n) is 12.2. The topological polar surface area (TPSA) is 36.9 Å². The van der Waals surface area contributed by atoms with Gasteiger partial charge in [0.15, 0.2) is 12.6 Å². The number of hydrogen-bond acceptors (Lipinski definition) is 4. The van der Waals surface area contributed by atoms with Crippen molar-refractivity contribution in [1.29, 1.82) is 0 Å². The fourth-order valence-electron chi connectivity index (χ4n) is 12.4. The molecule has 0 bridgehead atoms. The average Bonchev–Trinajstić information content (AvgIpc) is 3.44. The zero-order valence-electron chi connectivity index (χ0n) is 17.5. The minimum Gasteiger partial charge on any atom is -0.355 e. The zero-order valence-corrected chi connectivity index (χ0v) is 17.5. The number of methoxy groups -OCH3 is 2. The molecule has 0 unspecified atom stereocenters. The lowest BCUT2D eigenvalue weighted by Crippen LogP contribution is -2.56. The van der Waals surface area contributed by atoms with Crippen LogP contribution in [0.2, 0.25) is 0 Å². The van der Waals surface area contributed by atoms with Crippen molar-refractivity contribution in [1.82, 2.24) is 0 Å². The van der Waals surface area contributed by atoms with Gasteiger partial charge >= 0.3 is 0 Å². The van der Waals surface area contributed by atoms with Gasteiger partial charge in [0.1, 0.15) is 0 Å². The summed E-state index contributed by atoms with van der Waals surface area (Å²) in [4.78, 5) is 0. The smallest absolute Gasteiger partial charge is 0.163 e. The van der Waals surface area contributed by atoms with Crippen LogP contribution >= 0.6 is 0 Å². The molecule has 0 N–H and O–H groups in total. The van der Waals surface area contributed by atoms with Gasteiger partial charge in [0.2, 0.25) is 0 Å². The Morgan fingerprint density at radius 3 is 1.43 bits per heavy atom. The Hall–Kier alpha value is -0.160. The Labute approximate surface area is 168 Å². The van der Waals surface area contributed by atoms with E-state index in [1.807, 2.05) is 14.2 Å². The van der Waals surface area contributed by atoms with Crippen molar-refractivity contribution in [2.45, 2.75) is 64.3 Å². The number of hydrogen-bond donors (Lipinski definition) is 0. The van der Waals surface area contributed by atoms with Crippen LogP contribution in [0.15, 0.2) is 0 Å². The third-order valence-corrected chi connectivity index (χ3v) is 12.2. The minimum absolute atomic E-state index is 0.00329. The summed E-state index contributed by atoms with van der Waals surface area (Å²) in [6, 6.07) is 0. The van der Waals surface area contributed by atoms with E-state index >= 15 is 0 Å². The zero-order chi connectivity index (χ0) is 18.7. The normalized spacial score (nSPS) is 74.1. The van der Waals surface area contributed by atoms with Crippen LogP contribution in [0.25, 0.3) is 0 Å². The fraction of sp³-hybridized carbons (Fsp3) is 1.00. The molecule has 6 aliphatic carbocycles. The largest absolute Gasteiger partial charge is 0.355 e. The summed E-state index contributed by atoms with van der Waals surface area (Å²) in [6.07, 6.45) is 5.99. The van der Waals surface area contributed by atoms with Crippen molar-refractivity contribution in [2.75, 3.05) is 14.2 Å². The van der Waals surface area contributed by atoms with E-state index in [-0.39, 0.29) is 23.4 Å². The molecule has 2 saturated heterocycles. The van der Waals surface area contributed by atoms with Crippen LogP contribution in [0, 0.1) is 70.0 Å². The Morgan fingerprint density at radius 1 is 0.607 bits per heavy atom. The van der Waals surface area contributed by atoms with Gasteiger partial charge in [-0.15, -0.1) is 0 Å². The van der Waals surface area contributed by atoms with E-state index in [2.05, 4.69) is 13.8 Å². The monoisotopic (exact) mass is 386 g/mol. The molecule has 2 aliphatic heterocycles. The molecule has 0 aromatic carbocycles. The first kappa shape index (κ1) is 16.5. The molecule has 4 heteroatoms. The van der Waals surface area contributed by atoms with Gasteiger partial charge in [-0.3, -0.25) is 0 Å². The molecule has 4 nitrogen and oxygen atoms in total. The highest BCUT2D eigenvalue weighted by atomic mass is 16.7. The first-order valence-electron chi connectivity index (χ1n) is 11.9. The van der Waals surface area contributed by atoms with Crippen LogP contribution < -0.4 is 0 Å². The van der Waals surface area contributed by atoms with Crippen LogP contribution in [0.5, 0.6) is 0 Å². The summed E-state index contributed by atoms with van der Waals surface area (Å²) < 4.78 is 25.9. The second-order valence-corrected chi connectivity index (χ2v) is 12.1. The summed E-state index contributed by atoms with van der Waals surface area (Å²) in [6.45, 7) is 5.17. The van der Waals surface area contributed by atoms with E-state index < -0.39 is 0 Å². The van der Waals surface area contributed by atoms with Crippen molar-refractivity contribution in [3.63, 3.8) is 0 Å². The molecular weight excluding hydrogens is 352 g/mol. The average molecular weight is 387 g/mol. The van der Waals surface area contributed by atoms with E-state index in [4.69, 9.17) is 18.9 Å². The molecule has 2 heterocycles. The van der Waals surface area contributed by atoms with Crippen LogP contribution in [0.3, 0.4) is 0 Å². The number of ether oxygens (including phenoxy) is 4. The van der Waals surface area contributed by atoms with Gasteiger partial charge in [-0.05, 0) is 84.9 Å². The Bertz CT molecular complexity index is 693. The van der Waals surface area contributed by atoms with E-state index in [0.717, 1.165) is 59.2 Å². The van der Waals surface area contributed by atoms with Gasteiger partial charge in [0, 0.05) is 25.0 Å². The van der Waals surface area contributed by atoms with Crippen molar-refractivity contribution in [3.05, 3.63) is 0 Å². The van der Waals surface area contributed by atoms with Crippen molar-refractivity contribution in [2.24, 2.45) is 70.0 Å². The molecule has 0 aromatic heterocycles. The molecule has 154 valence electrons. The van der Waals surface area contributed by atoms with Crippen molar-refractivity contribution in [3.8, 4) is 0 Å². The summed E-state index contributed by atoms with van der Waals surface area (Å²) >= 11 is 0. The van der Waals surface area contributed by atoms with Crippen LogP contribution in [-0.2, 0) is 18.9 Å². The first-order chi connectivity index (χ1) is 13.6. The molecular formula is C24H34O4. The highest BCUT2D eigenvalue weighted by Gasteiger charge is 2.87. The number of fused-ring (bicyclic) bond motifs is 4. The van der Waals surface area contributed by atoms with Gasteiger partial charge in [-0.25, -0.2) is 0 Å². The van der Waals surface area contributed by atoms with Gasteiger partial charge in [-0.1, -0.05) is 13.8 Å². The van der Waals surface area contributed by atoms with Crippen molar-refractivity contribution < 1.29 is 18.9 Å². The van der Waals surface area contributed by atoms with Crippen LogP contribution in [0.1, 0.15) is 39.5 Å². The second-order valence-electron chi connectivity index (χ2n) is 12.1. The molecule has 8 fully saturated rings. The fourth-order valence-corrected chi connectivity index (χ4v) is 12.4. The predicted molar refractivity (Wildman–Crippen MR) is 101 cm³/mol. The first-order valence-corrected chi connectivity index (χ1v) is 11.9. The maximum absolute atomic E-state index is 6.78. The van der Waals surface area contributed by atoms with E-state index in [0.29, 0.717) is 12.2 Å².